The maximum Gasteiger partial charge on any atom is 0.174 e. The number of hydrogen-bond acceptors (Lipinski definition) is 3. The highest BCUT2D eigenvalue weighted by atomic mass is 79.9. The highest BCUT2D eigenvalue weighted by molar-refractivity contribution is 9.10. The second-order valence-electron chi connectivity index (χ2n) is 3.34. The molecule has 15 heavy (non-hydrogen) atoms. The molecule has 0 spiro atoms. The van der Waals surface area contributed by atoms with Gasteiger partial charge in [-0.25, -0.2) is 0 Å². The van der Waals surface area contributed by atoms with Gasteiger partial charge >= 0.3 is 0 Å². The molecule has 0 aliphatic rings. The van der Waals surface area contributed by atoms with E-state index in [0.29, 0.717) is 4.67 Å². The molecular formula is C11H11BrO2S. The average molecular weight is 287 g/mol. The summed E-state index contributed by atoms with van der Waals surface area (Å²) in [6.45, 7) is 0. The van der Waals surface area contributed by atoms with Crippen LogP contribution >= 0.6 is 27.3 Å². The van der Waals surface area contributed by atoms with Crippen LogP contribution in [0.1, 0.15) is 23.7 Å². The highest BCUT2D eigenvalue weighted by Gasteiger charge is 2.13. The van der Waals surface area contributed by atoms with Gasteiger partial charge in [-0.3, -0.25) is 0 Å². The number of aryl methyl sites for hydroxylation is 1. The van der Waals surface area contributed by atoms with Crippen LogP contribution < -0.4 is 0 Å². The van der Waals surface area contributed by atoms with Gasteiger partial charge in [-0.1, -0.05) is 0 Å². The van der Waals surface area contributed by atoms with Gasteiger partial charge in [0.25, 0.3) is 0 Å². The molecule has 0 aliphatic heterocycles. The Morgan fingerprint density at radius 3 is 2.93 bits per heavy atom. The van der Waals surface area contributed by atoms with Crippen LogP contribution in [0.4, 0.5) is 0 Å². The molecule has 1 N–H and O–H groups in total. The topological polar surface area (TPSA) is 33.4 Å². The van der Waals surface area contributed by atoms with E-state index in [4.69, 9.17) is 4.42 Å². The van der Waals surface area contributed by atoms with E-state index in [1.54, 1.807) is 23.7 Å². The lowest BCUT2D eigenvalue weighted by Crippen LogP contribution is -1.98. The Bertz CT molecular complexity index is 408. The first-order chi connectivity index (χ1) is 7.27. The van der Waals surface area contributed by atoms with Gasteiger partial charge in [0.2, 0.25) is 0 Å². The summed E-state index contributed by atoms with van der Waals surface area (Å²) in [4.78, 5) is 0. The van der Waals surface area contributed by atoms with Crippen molar-refractivity contribution in [2.45, 2.75) is 18.9 Å². The maximum atomic E-state index is 9.90. The molecule has 2 aromatic heterocycles. The third kappa shape index (κ3) is 2.71. The van der Waals surface area contributed by atoms with E-state index in [1.165, 1.54) is 5.56 Å². The van der Waals surface area contributed by atoms with Crippen LogP contribution in [0, 0.1) is 0 Å². The van der Waals surface area contributed by atoms with Crippen molar-refractivity contribution in [1.82, 2.24) is 0 Å². The molecule has 2 rings (SSSR count). The van der Waals surface area contributed by atoms with Gasteiger partial charge in [0.15, 0.2) is 4.67 Å². The number of thiophene rings is 1. The molecule has 0 radical (unpaired) electrons. The molecular weight excluding hydrogens is 276 g/mol. The van der Waals surface area contributed by atoms with Crippen molar-refractivity contribution in [3.63, 3.8) is 0 Å². The van der Waals surface area contributed by atoms with Crippen molar-refractivity contribution < 1.29 is 9.52 Å². The van der Waals surface area contributed by atoms with E-state index in [-0.39, 0.29) is 0 Å². The average Bonchev–Trinajstić information content (AvgIpc) is 2.84. The zero-order chi connectivity index (χ0) is 10.7. The van der Waals surface area contributed by atoms with Crippen molar-refractivity contribution in [2.24, 2.45) is 0 Å². The quantitative estimate of drug-likeness (QED) is 0.928. The lowest BCUT2D eigenvalue weighted by atomic mass is 10.1. The second kappa shape index (κ2) is 4.96. The maximum absolute atomic E-state index is 9.90. The number of furan rings is 1. The lowest BCUT2D eigenvalue weighted by molar-refractivity contribution is 0.166. The number of halogens is 1. The molecule has 0 amide bonds. The van der Waals surface area contributed by atoms with Crippen molar-refractivity contribution in [2.75, 3.05) is 0 Å². The Kier molecular flexibility index (Phi) is 3.61. The van der Waals surface area contributed by atoms with E-state index in [1.807, 2.05) is 0 Å². The molecule has 80 valence electrons. The molecule has 0 saturated heterocycles. The number of aliphatic hydroxyl groups is 1. The number of hydrogen-bond donors (Lipinski definition) is 1. The van der Waals surface area contributed by atoms with Crippen LogP contribution in [0.25, 0.3) is 0 Å². The minimum Gasteiger partial charge on any atom is -0.457 e. The molecule has 4 heteroatoms. The fraction of sp³-hybridized carbons (Fsp3) is 0.273. The summed E-state index contributed by atoms with van der Waals surface area (Å²) in [5.41, 5.74) is 2.10. The monoisotopic (exact) mass is 286 g/mol. The van der Waals surface area contributed by atoms with Crippen LogP contribution in [-0.4, -0.2) is 5.11 Å². The van der Waals surface area contributed by atoms with Crippen LogP contribution in [0.3, 0.4) is 0 Å². The van der Waals surface area contributed by atoms with E-state index in [9.17, 15) is 5.11 Å². The Labute approximate surface area is 101 Å². The minimum absolute atomic E-state index is 0.460. The molecule has 0 aliphatic carbocycles. The zero-order valence-corrected chi connectivity index (χ0v) is 10.4. The summed E-state index contributed by atoms with van der Waals surface area (Å²) in [5.74, 6) is 0. The smallest absolute Gasteiger partial charge is 0.174 e. The fourth-order valence-corrected chi connectivity index (χ4v) is 2.64. The fourth-order valence-electron chi connectivity index (χ4n) is 1.44. The van der Waals surface area contributed by atoms with E-state index in [2.05, 4.69) is 32.8 Å². The van der Waals surface area contributed by atoms with Gasteiger partial charge in [-0.15, -0.1) is 0 Å². The summed E-state index contributed by atoms with van der Waals surface area (Å²) in [5, 5.41) is 14.1. The Balaban J connectivity index is 1.93. The first-order valence-corrected chi connectivity index (χ1v) is 6.43. The first kappa shape index (κ1) is 10.9. The van der Waals surface area contributed by atoms with Crippen molar-refractivity contribution in [1.29, 1.82) is 0 Å². The van der Waals surface area contributed by atoms with Gasteiger partial charge in [-0.05, 0) is 57.2 Å². The predicted molar refractivity (Wildman–Crippen MR) is 64.0 cm³/mol. The van der Waals surface area contributed by atoms with Crippen LogP contribution in [-0.2, 0) is 6.42 Å². The lowest BCUT2D eigenvalue weighted by Gasteiger charge is -2.07. The summed E-state index contributed by atoms with van der Waals surface area (Å²) >= 11 is 4.94. The van der Waals surface area contributed by atoms with E-state index < -0.39 is 6.10 Å². The molecule has 0 saturated carbocycles. The summed E-state index contributed by atoms with van der Waals surface area (Å²) < 4.78 is 5.71. The molecule has 0 aromatic carbocycles. The molecule has 2 heterocycles. The molecule has 0 fully saturated rings. The van der Waals surface area contributed by atoms with Gasteiger partial charge in [0, 0.05) is 5.56 Å². The van der Waals surface area contributed by atoms with Crippen molar-refractivity contribution >= 4 is 27.3 Å². The molecule has 2 aromatic rings. The molecule has 1 atom stereocenters. The molecule has 1 unspecified atom stereocenters. The highest BCUT2D eigenvalue weighted by Crippen LogP contribution is 2.27. The van der Waals surface area contributed by atoms with Gasteiger partial charge < -0.3 is 9.52 Å². The predicted octanol–water partition coefficient (Wildman–Crippen LogP) is 3.77. The Morgan fingerprint density at radius 2 is 2.33 bits per heavy atom. The molecule has 0 bridgehead atoms. The van der Waals surface area contributed by atoms with Crippen LogP contribution in [0.15, 0.2) is 38.2 Å². The first-order valence-electron chi connectivity index (χ1n) is 4.69. The SMILES string of the molecule is OC(CCc1ccsc1)c1ccoc1Br. The third-order valence-electron chi connectivity index (χ3n) is 2.29. The summed E-state index contributed by atoms with van der Waals surface area (Å²) in [7, 11) is 0. The normalized spacial score (nSPS) is 12.9. The minimum atomic E-state index is -0.460. The third-order valence-corrected chi connectivity index (χ3v) is 3.67. The number of aliphatic hydroxyl groups excluding tert-OH is 1. The van der Waals surface area contributed by atoms with E-state index in [0.717, 1.165) is 18.4 Å². The van der Waals surface area contributed by atoms with Gasteiger partial charge in [0.1, 0.15) is 0 Å². The largest absolute Gasteiger partial charge is 0.457 e. The van der Waals surface area contributed by atoms with Gasteiger partial charge in [0.05, 0.1) is 12.4 Å². The molecule has 2 nitrogen and oxygen atoms in total. The number of rotatable bonds is 4. The summed E-state index contributed by atoms with van der Waals surface area (Å²) in [6, 6.07) is 3.88. The van der Waals surface area contributed by atoms with Gasteiger partial charge in [-0.2, -0.15) is 11.3 Å². The summed E-state index contributed by atoms with van der Waals surface area (Å²) in [6.07, 6.45) is 2.72. The Morgan fingerprint density at radius 1 is 1.47 bits per heavy atom. The van der Waals surface area contributed by atoms with Crippen molar-refractivity contribution in [3.05, 3.63) is 45.0 Å². The van der Waals surface area contributed by atoms with Crippen LogP contribution in [0.5, 0.6) is 0 Å². The van der Waals surface area contributed by atoms with E-state index >= 15 is 0 Å². The standard InChI is InChI=1S/C11H11BrO2S/c12-11-9(3-5-14-11)10(13)2-1-8-4-6-15-7-8/h3-7,10,13H,1-2H2. The van der Waals surface area contributed by atoms with Crippen LogP contribution in [0.2, 0.25) is 0 Å². The zero-order valence-electron chi connectivity index (χ0n) is 8.02. The Hall–Kier alpha value is -0.580. The van der Waals surface area contributed by atoms with Crippen molar-refractivity contribution in [3.8, 4) is 0 Å². The second-order valence-corrected chi connectivity index (χ2v) is 4.84.